The summed E-state index contributed by atoms with van der Waals surface area (Å²) in [6.45, 7) is 2.28. The molecule has 0 unspecified atom stereocenters. The highest BCUT2D eigenvalue weighted by Crippen LogP contribution is 2.16. The Labute approximate surface area is 100 Å². The van der Waals surface area contributed by atoms with Crippen LogP contribution in [-0.2, 0) is 4.74 Å². The maximum absolute atomic E-state index is 7.30. The van der Waals surface area contributed by atoms with Crippen LogP contribution in [0, 0.1) is 11.3 Å². The Balaban J connectivity index is 1.89. The molecule has 0 bridgehead atoms. The summed E-state index contributed by atoms with van der Waals surface area (Å²) in [7, 11) is 0. The third-order valence-electron chi connectivity index (χ3n) is 2.81. The summed E-state index contributed by atoms with van der Waals surface area (Å²) in [5.41, 5.74) is 5.82. The van der Waals surface area contributed by atoms with Gasteiger partial charge >= 0.3 is 0 Å². The number of aromatic nitrogens is 1. The van der Waals surface area contributed by atoms with Crippen LogP contribution in [0.15, 0.2) is 18.2 Å². The Kier molecular flexibility index (Phi) is 3.93. The van der Waals surface area contributed by atoms with Crippen LogP contribution < -0.4 is 10.5 Å². The highest BCUT2D eigenvalue weighted by molar-refractivity contribution is 5.93. The van der Waals surface area contributed by atoms with Gasteiger partial charge in [-0.2, -0.15) is 0 Å². The number of amidine groups is 1. The van der Waals surface area contributed by atoms with Crippen molar-refractivity contribution in [3.63, 3.8) is 0 Å². The monoisotopic (exact) mass is 235 g/mol. The second-order valence-corrected chi connectivity index (χ2v) is 4.14. The number of rotatable bonds is 4. The molecule has 17 heavy (non-hydrogen) atoms. The number of ether oxygens (including phenoxy) is 2. The molecule has 1 aliphatic heterocycles. The molecule has 5 heteroatoms. The van der Waals surface area contributed by atoms with Crippen molar-refractivity contribution in [3.05, 3.63) is 23.9 Å². The standard InChI is InChI=1S/C12H17N3O2/c13-12(14)10-2-1-3-11(15-10)17-8-9-4-6-16-7-5-9/h1-3,9H,4-8H2,(H3,13,14). The number of nitrogens with zero attached hydrogens (tertiary/aromatic N) is 1. The molecule has 0 atom stereocenters. The van der Waals surface area contributed by atoms with Crippen LogP contribution in [0.1, 0.15) is 18.5 Å². The Morgan fingerprint density at radius 1 is 1.47 bits per heavy atom. The molecule has 0 aliphatic carbocycles. The molecule has 5 nitrogen and oxygen atoms in total. The SMILES string of the molecule is N=C(N)c1cccc(OCC2CCOCC2)n1. The third kappa shape index (κ3) is 3.42. The molecule has 1 saturated heterocycles. The van der Waals surface area contributed by atoms with Gasteiger partial charge in [0.05, 0.1) is 6.61 Å². The van der Waals surface area contributed by atoms with Gasteiger partial charge in [0, 0.05) is 19.3 Å². The molecule has 92 valence electrons. The molecule has 1 aromatic rings. The Morgan fingerprint density at radius 3 is 2.94 bits per heavy atom. The summed E-state index contributed by atoms with van der Waals surface area (Å²) < 4.78 is 10.9. The summed E-state index contributed by atoms with van der Waals surface area (Å²) in [6.07, 6.45) is 2.07. The van der Waals surface area contributed by atoms with Gasteiger partial charge in [-0.3, -0.25) is 5.41 Å². The van der Waals surface area contributed by atoms with E-state index in [1.807, 2.05) is 0 Å². The van der Waals surface area contributed by atoms with E-state index in [2.05, 4.69) is 4.98 Å². The summed E-state index contributed by atoms with van der Waals surface area (Å²) in [5.74, 6) is 1.03. The highest BCUT2D eigenvalue weighted by atomic mass is 16.5. The first-order valence-corrected chi connectivity index (χ1v) is 5.77. The lowest BCUT2D eigenvalue weighted by molar-refractivity contribution is 0.0490. The number of pyridine rings is 1. The van der Waals surface area contributed by atoms with E-state index in [-0.39, 0.29) is 5.84 Å². The van der Waals surface area contributed by atoms with Gasteiger partial charge in [0.25, 0.3) is 0 Å². The van der Waals surface area contributed by atoms with Gasteiger partial charge in [0.2, 0.25) is 5.88 Å². The Bertz CT molecular complexity index is 389. The second-order valence-electron chi connectivity index (χ2n) is 4.14. The van der Waals surface area contributed by atoms with Crippen molar-refractivity contribution in [2.75, 3.05) is 19.8 Å². The molecular formula is C12H17N3O2. The van der Waals surface area contributed by atoms with Crippen LogP contribution in [-0.4, -0.2) is 30.6 Å². The minimum absolute atomic E-state index is 0.0403. The summed E-state index contributed by atoms with van der Waals surface area (Å²) in [5, 5.41) is 7.30. The zero-order chi connectivity index (χ0) is 12.1. The van der Waals surface area contributed by atoms with Crippen molar-refractivity contribution in [2.45, 2.75) is 12.8 Å². The van der Waals surface area contributed by atoms with E-state index in [9.17, 15) is 0 Å². The quantitative estimate of drug-likeness (QED) is 0.606. The van der Waals surface area contributed by atoms with Crippen LogP contribution >= 0.6 is 0 Å². The third-order valence-corrected chi connectivity index (χ3v) is 2.81. The zero-order valence-corrected chi connectivity index (χ0v) is 9.69. The van der Waals surface area contributed by atoms with E-state index < -0.39 is 0 Å². The largest absolute Gasteiger partial charge is 0.477 e. The smallest absolute Gasteiger partial charge is 0.213 e. The average Bonchev–Trinajstić information content (AvgIpc) is 2.38. The summed E-state index contributed by atoms with van der Waals surface area (Å²) in [6, 6.07) is 5.28. The minimum Gasteiger partial charge on any atom is -0.477 e. The van der Waals surface area contributed by atoms with Crippen molar-refractivity contribution < 1.29 is 9.47 Å². The van der Waals surface area contributed by atoms with E-state index in [0.717, 1.165) is 26.1 Å². The minimum atomic E-state index is -0.0403. The molecule has 1 fully saturated rings. The molecule has 0 amide bonds. The van der Waals surface area contributed by atoms with Gasteiger partial charge in [-0.15, -0.1) is 0 Å². The van der Waals surface area contributed by atoms with Crippen LogP contribution in [0.25, 0.3) is 0 Å². The van der Waals surface area contributed by atoms with E-state index in [1.165, 1.54) is 0 Å². The van der Waals surface area contributed by atoms with E-state index in [1.54, 1.807) is 18.2 Å². The first-order chi connectivity index (χ1) is 8.25. The van der Waals surface area contributed by atoms with Crippen molar-refractivity contribution in [3.8, 4) is 5.88 Å². The second kappa shape index (κ2) is 5.63. The fourth-order valence-corrected chi connectivity index (χ4v) is 1.76. The first kappa shape index (κ1) is 11.9. The van der Waals surface area contributed by atoms with E-state index in [4.69, 9.17) is 20.6 Å². The van der Waals surface area contributed by atoms with Gasteiger partial charge in [-0.05, 0) is 24.8 Å². The fourth-order valence-electron chi connectivity index (χ4n) is 1.76. The van der Waals surface area contributed by atoms with Crippen LogP contribution in [0.4, 0.5) is 0 Å². The van der Waals surface area contributed by atoms with Crippen molar-refractivity contribution in [1.29, 1.82) is 5.41 Å². The lowest BCUT2D eigenvalue weighted by atomic mass is 10.0. The molecule has 1 aliphatic rings. The van der Waals surface area contributed by atoms with Gasteiger partial charge in [0.15, 0.2) is 0 Å². The van der Waals surface area contributed by atoms with Gasteiger partial charge in [-0.1, -0.05) is 6.07 Å². The molecule has 1 aromatic heterocycles. The lowest BCUT2D eigenvalue weighted by Crippen LogP contribution is -2.22. The highest BCUT2D eigenvalue weighted by Gasteiger charge is 2.14. The number of nitrogens with one attached hydrogen (secondary N) is 1. The molecule has 3 N–H and O–H groups in total. The van der Waals surface area contributed by atoms with Crippen LogP contribution in [0.3, 0.4) is 0 Å². The van der Waals surface area contributed by atoms with Crippen LogP contribution in [0.5, 0.6) is 5.88 Å². The average molecular weight is 235 g/mol. The molecular weight excluding hydrogens is 218 g/mol. The predicted molar refractivity (Wildman–Crippen MR) is 64.3 cm³/mol. The first-order valence-electron chi connectivity index (χ1n) is 5.77. The van der Waals surface area contributed by atoms with Crippen molar-refractivity contribution in [1.82, 2.24) is 4.98 Å². The predicted octanol–water partition coefficient (Wildman–Crippen LogP) is 1.17. The topological polar surface area (TPSA) is 81.2 Å². The maximum Gasteiger partial charge on any atom is 0.213 e. The summed E-state index contributed by atoms with van der Waals surface area (Å²) >= 11 is 0. The zero-order valence-electron chi connectivity index (χ0n) is 9.69. The number of hydrogen-bond donors (Lipinski definition) is 2. The van der Waals surface area contributed by atoms with Gasteiger partial charge < -0.3 is 15.2 Å². The summed E-state index contributed by atoms with van der Waals surface area (Å²) in [4.78, 5) is 4.15. The van der Waals surface area contributed by atoms with Gasteiger partial charge in [-0.25, -0.2) is 4.98 Å². The normalized spacial score (nSPS) is 16.7. The van der Waals surface area contributed by atoms with Crippen molar-refractivity contribution >= 4 is 5.84 Å². The number of nitrogen functional groups attached to an aromatic ring is 1. The molecule has 2 heterocycles. The number of hydrogen-bond acceptors (Lipinski definition) is 4. The lowest BCUT2D eigenvalue weighted by Gasteiger charge is -2.21. The van der Waals surface area contributed by atoms with Crippen molar-refractivity contribution in [2.24, 2.45) is 11.7 Å². The Hall–Kier alpha value is -1.62. The van der Waals surface area contributed by atoms with Gasteiger partial charge in [0.1, 0.15) is 11.5 Å². The Morgan fingerprint density at radius 2 is 2.24 bits per heavy atom. The number of nitrogens with two attached hydrogens (primary N) is 1. The van der Waals surface area contributed by atoms with E-state index in [0.29, 0.717) is 24.1 Å². The molecule has 0 radical (unpaired) electrons. The molecule has 0 spiro atoms. The maximum atomic E-state index is 7.30. The fraction of sp³-hybridized carbons (Fsp3) is 0.500. The van der Waals surface area contributed by atoms with E-state index >= 15 is 0 Å². The molecule has 2 rings (SSSR count). The van der Waals surface area contributed by atoms with Crippen LogP contribution in [0.2, 0.25) is 0 Å². The molecule has 0 saturated carbocycles. The molecule has 0 aromatic carbocycles.